The van der Waals surface area contributed by atoms with Crippen LogP contribution in [0.4, 0.5) is 8.78 Å². The van der Waals surface area contributed by atoms with Crippen molar-refractivity contribution in [2.24, 2.45) is 5.92 Å². The van der Waals surface area contributed by atoms with Crippen LogP contribution in [-0.4, -0.2) is 32.0 Å². The summed E-state index contributed by atoms with van der Waals surface area (Å²) < 4.78 is 64.2. The highest BCUT2D eigenvalue weighted by molar-refractivity contribution is 7.90. The number of hydrogen-bond donors (Lipinski definition) is 0. The van der Waals surface area contributed by atoms with Crippen LogP contribution in [0.3, 0.4) is 0 Å². The first-order valence-electron chi connectivity index (χ1n) is 12.1. The Morgan fingerprint density at radius 3 is 2.64 bits per heavy atom. The zero-order valence-corrected chi connectivity index (χ0v) is 21.4. The lowest BCUT2D eigenvalue weighted by atomic mass is 9.97. The fourth-order valence-corrected chi connectivity index (χ4v) is 5.84. The molecule has 190 valence electrons. The van der Waals surface area contributed by atoms with Crippen LogP contribution < -0.4 is 9.47 Å². The Morgan fingerprint density at radius 1 is 1.08 bits per heavy atom. The SMILES string of the molecule is Cc1cc(OCCCS(C)(=O)=O)nc(C)c1-c1ccc(F)c(COc2ccc3c(c2)CC2CC32)c1F. The third-order valence-corrected chi connectivity index (χ3v) is 8.07. The van der Waals surface area contributed by atoms with Gasteiger partial charge in [-0.1, -0.05) is 6.07 Å². The van der Waals surface area contributed by atoms with Gasteiger partial charge in [-0.25, -0.2) is 22.2 Å². The molecule has 8 heteroatoms. The van der Waals surface area contributed by atoms with Crippen LogP contribution in [0, 0.1) is 31.4 Å². The van der Waals surface area contributed by atoms with Crippen LogP contribution in [0.25, 0.3) is 11.1 Å². The molecule has 0 N–H and O–H groups in total. The zero-order valence-electron chi connectivity index (χ0n) is 20.6. The second-order valence-corrected chi connectivity index (χ2v) is 12.2. The number of aryl methyl sites for hydroxylation is 2. The van der Waals surface area contributed by atoms with E-state index in [0.717, 1.165) is 17.9 Å². The predicted molar refractivity (Wildman–Crippen MR) is 134 cm³/mol. The predicted octanol–water partition coefficient (Wildman–Crippen LogP) is 5.70. The molecule has 2 aliphatic rings. The van der Waals surface area contributed by atoms with Crippen molar-refractivity contribution >= 4 is 9.84 Å². The van der Waals surface area contributed by atoms with E-state index >= 15 is 4.39 Å². The molecular weight excluding hydrogens is 484 g/mol. The summed E-state index contributed by atoms with van der Waals surface area (Å²) in [6.45, 7) is 3.53. The van der Waals surface area contributed by atoms with Gasteiger partial charge in [-0.15, -0.1) is 0 Å². The van der Waals surface area contributed by atoms with Crippen LogP contribution in [0.2, 0.25) is 0 Å². The molecule has 36 heavy (non-hydrogen) atoms. The van der Waals surface area contributed by atoms with Crippen molar-refractivity contribution in [2.45, 2.75) is 45.6 Å². The standard InChI is InChI=1S/C28H29F2NO4S/c1-16-11-26(34-9-4-10-36(3,32)33)31-17(2)27(16)22-7-8-25(29)24(28(22)30)15-35-20-5-6-21-18(13-20)12-19-14-23(19)21/h5-8,11,13,19,23H,4,9-10,12,14-15H2,1-3H3. The smallest absolute Gasteiger partial charge is 0.213 e. The normalized spacial score (nSPS) is 18.0. The van der Waals surface area contributed by atoms with E-state index in [4.69, 9.17) is 9.47 Å². The van der Waals surface area contributed by atoms with Gasteiger partial charge >= 0.3 is 0 Å². The molecule has 2 aromatic carbocycles. The molecule has 2 aliphatic carbocycles. The van der Waals surface area contributed by atoms with Crippen molar-refractivity contribution in [3.05, 3.63) is 76.0 Å². The van der Waals surface area contributed by atoms with Crippen molar-refractivity contribution in [3.8, 4) is 22.8 Å². The van der Waals surface area contributed by atoms with E-state index in [0.29, 0.717) is 35.2 Å². The third-order valence-electron chi connectivity index (χ3n) is 7.04. The van der Waals surface area contributed by atoms with Gasteiger partial charge in [0.25, 0.3) is 0 Å². The number of nitrogens with zero attached hydrogens (tertiary/aromatic N) is 1. The molecule has 0 amide bonds. The van der Waals surface area contributed by atoms with Crippen molar-refractivity contribution in [2.75, 3.05) is 18.6 Å². The van der Waals surface area contributed by atoms with Gasteiger partial charge in [0.1, 0.15) is 33.8 Å². The molecule has 0 spiro atoms. The molecule has 0 saturated heterocycles. The highest BCUT2D eigenvalue weighted by atomic mass is 32.2. The van der Waals surface area contributed by atoms with Crippen LogP contribution in [-0.2, 0) is 22.9 Å². The lowest BCUT2D eigenvalue weighted by molar-refractivity contribution is 0.292. The van der Waals surface area contributed by atoms with Crippen LogP contribution in [0.15, 0.2) is 36.4 Å². The summed E-state index contributed by atoms with van der Waals surface area (Å²) in [6, 6.07) is 10.3. The van der Waals surface area contributed by atoms with Crippen molar-refractivity contribution in [1.82, 2.24) is 4.98 Å². The summed E-state index contributed by atoms with van der Waals surface area (Å²) in [6.07, 6.45) is 3.85. The van der Waals surface area contributed by atoms with E-state index in [1.54, 1.807) is 19.9 Å². The highest BCUT2D eigenvalue weighted by Crippen LogP contribution is 2.56. The highest BCUT2D eigenvalue weighted by Gasteiger charge is 2.44. The molecule has 0 radical (unpaired) electrons. The fraction of sp³-hybridized carbons (Fsp3) is 0.393. The first kappa shape index (κ1) is 24.7. The second kappa shape index (κ2) is 9.47. The van der Waals surface area contributed by atoms with Gasteiger partial charge in [0.2, 0.25) is 5.88 Å². The Morgan fingerprint density at radius 2 is 1.89 bits per heavy atom. The van der Waals surface area contributed by atoms with Gasteiger partial charge in [-0.05, 0) is 85.9 Å². The molecule has 5 rings (SSSR count). The van der Waals surface area contributed by atoms with Crippen molar-refractivity contribution in [1.29, 1.82) is 0 Å². The van der Waals surface area contributed by atoms with Crippen LogP contribution >= 0.6 is 0 Å². The number of halogens is 2. The Hall–Kier alpha value is -3.00. The van der Waals surface area contributed by atoms with E-state index in [2.05, 4.69) is 11.1 Å². The molecule has 0 bridgehead atoms. The summed E-state index contributed by atoms with van der Waals surface area (Å²) in [5.41, 5.74) is 4.59. The number of benzene rings is 2. The molecule has 1 aromatic heterocycles. The summed E-state index contributed by atoms with van der Waals surface area (Å²) in [7, 11) is -3.06. The first-order chi connectivity index (χ1) is 17.1. The van der Waals surface area contributed by atoms with E-state index in [1.165, 1.54) is 35.9 Å². The maximum Gasteiger partial charge on any atom is 0.213 e. The summed E-state index contributed by atoms with van der Waals surface area (Å²) in [5, 5.41) is 0. The number of sulfone groups is 1. The number of pyridine rings is 1. The number of ether oxygens (including phenoxy) is 2. The molecule has 2 unspecified atom stereocenters. The summed E-state index contributed by atoms with van der Waals surface area (Å²) in [4.78, 5) is 4.41. The molecule has 2 atom stereocenters. The Kier molecular flexibility index (Phi) is 6.49. The van der Waals surface area contributed by atoms with E-state index in [-0.39, 0.29) is 30.1 Å². The Labute approximate surface area is 210 Å². The van der Waals surface area contributed by atoms with Crippen LogP contribution in [0.5, 0.6) is 11.6 Å². The van der Waals surface area contributed by atoms with E-state index < -0.39 is 21.5 Å². The number of hydrogen-bond acceptors (Lipinski definition) is 5. The minimum Gasteiger partial charge on any atom is -0.489 e. The van der Waals surface area contributed by atoms with Gasteiger partial charge < -0.3 is 9.47 Å². The average molecular weight is 514 g/mol. The average Bonchev–Trinajstić information content (AvgIpc) is 3.47. The maximum absolute atomic E-state index is 15.6. The van der Waals surface area contributed by atoms with Crippen LogP contribution in [0.1, 0.15) is 46.7 Å². The second-order valence-electron chi connectivity index (χ2n) is 9.91. The molecule has 5 nitrogen and oxygen atoms in total. The number of fused-ring (bicyclic) bond motifs is 3. The zero-order chi connectivity index (χ0) is 25.6. The lowest BCUT2D eigenvalue weighted by Gasteiger charge is -2.16. The number of rotatable bonds is 9. The Balaban J connectivity index is 1.33. The fourth-order valence-electron chi connectivity index (χ4n) is 5.20. The topological polar surface area (TPSA) is 65.5 Å². The van der Waals surface area contributed by atoms with Gasteiger partial charge in [-0.3, -0.25) is 0 Å². The number of aromatic nitrogens is 1. The molecule has 1 saturated carbocycles. The maximum atomic E-state index is 15.6. The first-order valence-corrected chi connectivity index (χ1v) is 14.2. The summed E-state index contributed by atoms with van der Waals surface area (Å²) >= 11 is 0. The monoisotopic (exact) mass is 513 g/mol. The minimum absolute atomic E-state index is 0.0289. The van der Waals surface area contributed by atoms with Gasteiger partial charge in [0.15, 0.2) is 0 Å². The Bertz CT molecular complexity index is 1410. The van der Waals surface area contributed by atoms with Crippen molar-refractivity contribution < 1.29 is 26.7 Å². The van der Waals surface area contributed by atoms with Gasteiger partial charge in [0, 0.05) is 29.1 Å². The lowest BCUT2D eigenvalue weighted by Crippen LogP contribution is -2.09. The van der Waals surface area contributed by atoms with Gasteiger partial charge in [-0.2, -0.15) is 0 Å². The molecule has 0 aliphatic heterocycles. The minimum atomic E-state index is -3.06. The molecule has 1 fully saturated rings. The van der Waals surface area contributed by atoms with E-state index in [9.17, 15) is 12.8 Å². The van der Waals surface area contributed by atoms with Gasteiger partial charge in [0.05, 0.1) is 17.9 Å². The molecular formula is C28H29F2NO4S. The quantitative estimate of drug-likeness (QED) is 0.344. The van der Waals surface area contributed by atoms with E-state index in [1.807, 2.05) is 12.1 Å². The largest absolute Gasteiger partial charge is 0.489 e. The van der Waals surface area contributed by atoms with Crippen molar-refractivity contribution in [3.63, 3.8) is 0 Å². The molecule has 3 aromatic rings. The molecule has 1 heterocycles. The summed E-state index contributed by atoms with van der Waals surface area (Å²) in [5.74, 6) is 1.09. The third kappa shape index (κ3) is 5.09.